The third-order valence-electron chi connectivity index (χ3n) is 17.6. The second-order valence-corrected chi connectivity index (χ2v) is 21.8. The molecule has 7 heteroatoms. The zero-order chi connectivity index (χ0) is 37.4. The Morgan fingerprint density at radius 1 is 0.849 bits per heavy atom. The van der Waals surface area contributed by atoms with Gasteiger partial charge in [0.05, 0.1) is 18.0 Å². The van der Waals surface area contributed by atoms with Crippen LogP contribution in [0.25, 0.3) is 11.1 Å². The normalized spacial score (nSPS) is 43.4. The Hall–Kier alpha value is -2.58. The van der Waals surface area contributed by atoms with Crippen molar-refractivity contribution < 1.29 is 23.4 Å². The standard InChI is InChI=1S/C46H59NO5S/c1-41(2)32-16-15-31(36(41)25-32)28-47(53(5,51)52)29-45(50)22-19-39-43(45,4)21-18-38-42(3)20-17-33(48)26-44(42)23-24-46(38,39)37(27-44)40(49)35-14-10-9-13-34(35)30-11-7-6-8-12-30/h6-14,23-24,27,31-33,36,38-39,48,50H,15-22,25-26,28-29H2,1-5H3/t31-,32-,33?,36-,38+,39+,42+,43-,44-,45+,46+/m0/s1. The van der Waals surface area contributed by atoms with Crippen LogP contribution in [0, 0.1) is 56.7 Å². The number of fused-ring (bicyclic) bond motifs is 3. The zero-order valence-electron chi connectivity index (χ0n) is 32.4. The van der Waals surface area contributed by atoms with Gasteiger partial charge in [-0.15, -0.1) is 0 Å². The summed E-state index contributed by atoms with van der Waals surface area (Å²) in [4.78, 5) is 15.4. The monoisotopic (exact) mass is 737 g/mol. The van der Waals surface area contributed by atoms with Crippen LogP contribution in [-0.2, 0) is 10.0 Å². The highest BCUT2D eigenvalue weighted by molar-refractivity contribution is 7.88. The van der Waals surface area contributed by atoms with Gasteiger partial charge < -0.3 is 10.2 Å². The van der Waals surface area contributed by atoms with E-state index in [0.29, 0.717) is 36.8 Å². The van der Waals surface area contributed by atoms with Gasteiger partial charge in [0.1, 0.15) is 0 Å². The van der Waals surface area contributed by atoms with E-state index in [1.54, 1.807) is 4.31 Å². The van der Waals surface area contributed by atoms with Gasteiger partial charge >= 0.3 is 0 Å². The number of ketones is 1. The van der Waals surface area contributed by atoms with Crippen molar-refractivity contribution in [2.45, 2.75) is 104 Å². The Labute approximate surface area is 317 Å². The van der Waals surface area contributed by atoms with Gasteiger partial charge in [-0.25, -0.2) is 8.42 Å². The fourth-order valence-corrected chi connectivity index (χ4v) is 15.3. The maximum absolute atomic E-state index is 15.4. The molecule has 4 bridgehead atoms. The van der Waals surface area contributed by atoms with E-state index >= 15 is 4.79 Å². The van der Waals surface area contributed by atoms with E-state index < -0.39 is 38.0 Å². The third kappa shape index (κ3) is 4.85. The first-order valence-corrected chi connectivity index (χ1v) is 22.3. The number of hydrogen-bond acceptors (Lipinski definition) is 5. The molecule has 11 rings (SSSR count). The van der Waals surface area contributed by atoms with Crippen LogP contribution in [0.4, 0.5) is 0 Å². The van der Waals surface area contributed by atoms with Gasteiger partial charge in [-0.2, -0.15) is 4.31 Å². The lowest BCUT2D eigenvalue weighted by molar-refractivity contribution is -0.174. The molecule has 2 N–H and O–H groups in total. The van der Waals surface area contributed by atoms with Crippen LogP contribution in [0.15, 0.2) is 78.4 Å². The molecule has 9 aliphatic carbocycles. The Morgan fingerprint density at radius 2 is 1.53 bits per heavy atom. The summed E-state index contributed by atoms with van der Waals surface area (Å²) in [5, 5.41) is 24.2. The number of rotatable bonds is 8. The molecular weight excluding hydrogens is 679 g/mol. The number of carbonyl (C=O) groups is 1. The molecule has 0 heterocycles. The molecule has 9 aliphatic rings. The van der Waals surface area contributed by atoms with Crippen LogP contribution in [0.1, 0.15) is 102 Å². The third-order valence-corrected chi connectivity index (χ3v) is 18.8. The highest BCUT2D eigenvalue weighted by Crippen LogP contribution is 2.78. The smallest absolute Gasteiger partial charge is 0.211 e. The van der Waals surface area contributed by atoms with E-state index in [1.165, 1.54) is 12.7 Å². The fraction of sp³-hybridized carbons (Fsp3) is 0.630. The van der Waals surface area contributed by atoms with Crippen molar-refractivity contribution in [3.63, 3.8) is 0 Å². The van der Waals surface area contributed by atoms with Gasteiger partial charge in [0.15, 0.2) is 5.78 Å². The summed E-state index contributed by atoms with van der Waals surface area (Å²) in [5.74, 6) is 1.72. The SMILES string of the molecule is CC1(C)[C@H]2CC[C@@H](CN(C[C@]3(O)CC[C@H]4[C@]56C=C[C@@]7(C=C5C(=O)c5ccccc5-c5ccccc5)CC(O)CC[C@]7(C)[C@H]6CC[C@@]43C)S(C)(=O)=O)[C@@H]1C2. The molecule has 0 amide bonds. The van der Waals surface area contributed by atoms with E-state index in [-0.39, 0.29) is 35.0 Å². The zero-order valence-corrected chi connectivity index (χ0v) is 33.2. The molecule has 11 atom stereocenters. The van der Waals surface area contributed by atoms with Crippen molar-refractivity contribution in [2.24, 2.45) is 56.7 Å². The lowest BCUT2D eigenvalue weighted by atomic mass is 9.32. The number of aliphatic hydroxyl groups is 2. The summed E-state index contributed by atoms with van der Waals surface area (Å²) >= 11 is 0. The molecule has 6 saturated carbocycles. The van der Waals surface area contributed by atoms with E-state index in [9.17, 15) is 18.6 Å². The number of carbonyl (C=O) groups excluding carboxylic acids is 1. The van der Waals surface area contributed by atoms with Gasteiger partial charge in [0.2, 0.25) is 10.0 Å². The van der Waals surface area contributed by atoms with Crippen molar-refractivity contribution in [2.75, 3.05) is 19.3 Å². The lowest BCUT2D eigenvalue weighted by Crippen LogP contribution is -2.67. The average molecular weight is 738 g/mol. The largest absolute Gasteiger partial charge is 0.393 e. The van der Waals surface area contributed by atoms with Gasteiger partial charge in [-0.3, -0.25) is 4.79 Å². The minimum Gasteiger partial charge on any atom is -0.393 e. The molecule has 6 fully saturated rings. The topological polar surface area (TPSA) is 94.9 Å². The number of sulfonamides is 1. The number of allylic oxidation sites excluding steroid dienone is 4. The summed E-state index contributed by atoms with van der Waals surface area (Å²) in [6.07, 6.45) is 16.4. The van der Waals surface area contributed by atoms with E-state index in [2.05, 4.69) is 58.1 Å². The maximum atomic E-state index is 15.4. The number of Topliss-reactive ketones (excluding diaryl/α,β-unsaturated/α-hetero) is 1. The number of aliphatic hydroxyl groups excluding tert-OH is 1. The number of hydrogen-bond donors (Lipinski definition) is 2. The van der Waals surface area contributed by atoms with Crippen LogP contribution in [-0.4, -0.2) is 59.8 Å². The quantitative estimate of drug-likeness (QED) is 0.210. The Kier molecular flexibility index (Phi) is 7.98. The minimum absolute atomic E-state index is 0.0384. The molecule has 0 aliphatic heterocycles. The van der Waals surface area contributed by atoms with Gasteiger partial charge in [-0.1, -0.05) is 101 Å². The summed E-state index contributed by atoms with van der Waals surface area (Å²) in [5.41, 5.74) is 0.659. The summed E-state index contributed by atoms with van der Waals surface area (Å²) in [6.45, 7) is 9.90. The Balaban J connectivity index is 1.13. The molecule has 0 saturated heterocycles. The van der Waals surface area contributed by atoms with Crippen LogP contribution < -0.4 is 0 Å². The molecular formula is C46H59NO5S. The molecule has 2 aromatic carbocycles. The number of nitrogens with zero attached hydrogens (tertiary/aromatic N) is 1. The molecule has 6 nitrogen and oxygen atoms in total. The van der Waals surface area contributed by atoms with Gasteiger partial charge in [0.25, 0.3) is 0 Å². The van der Waals surface area contributed by atoms with Crippen molar-refractivity contribution in [3.05, 3.63) is 84.0 Å². The van der Waals surface area contributed by atoms with Crippen LogP contribution in [0.5, 0.6) is 0 Å². The molecule has 1 unspecified atom stereocenters. The van der Waals surface area contributed by atoms with Crippen LogP contribution in [0.2, 0.25) is 0 Å². The Bertz CT molecular complexity index is 2000. The van der Waals surface area contributed by atoms with E-state index in [0.717, 1.165) is 67.6 Å². The molecule has 284 valence electrons. The fourth-order valence-electron chi connectivity index (χ4n) is 14.3. The second-order valence-electron chi connectivity index (χ2n) is 19.8. The summed E-state index contributed by atoms with van der Waals surface area (Å²) < 4.78 is 28.9. The van der Waals surface area contributed by atoms with Crippen molar-refractivity contribution in [1.29, 1.82) is 0 Å². The molecule has 0 aromatic heterocycles. The van der Waals surface area contributed by atoms with Gasteiger partial charge in [-0.05, 0) is 116 Å². The Morgan fingerprint density at radius 3 is 2.25 bits per heavy atom. The van der Waals surface area contributed by atoms with E-state index in [1.807, 2.05) is 42.5 Å². The predicted molar refractivity (Wildman–Crippen MR) is 209 cm³/mol. The maximum Gasteiger partial charge on any atom is 0.211 e. The first-order chi connectivity index (χ1) is 25.0. The lowest BCUT2D eigenvalue weighted by Gasteiger charge is -2.71. The summed E-state index contributed by atoms with van der Waals surface area (Å²) in [7, 11) is -3.59. The second kappa shape index (κ2) is 11.7. The molecule has 2 aromatic rings. The minimum atomic E-state index is -3.59. The van der Waals surface area contributed by atoms with Crippen molar-refractivity contribution in [3.8, 4) is 11.1 Å². The first kappa shape index (κ1) is 36.1. The average Bonchev–Trinajstić information content (AvgIpc) is 3.40. The summed E-state index contributed by atoms with van der Waals surface area (Å²) in [6, 6.07) is 18.1. The van der Waals surface area contributed by atoms with Crippen LogP contribution >= 0.6 is 0 Å². The number of benzene rings is 2. The highest BCUT2D eigenvalue weighted by Gasteiger charge is 2.74. The molecule has 0 radical (unpaired) electrons. The molecule has 53 heavy (non-hydrogen) atoms. The van der Waals surface area contributed by atoms with Crippen LogP contribution in [0.3, 0.4) is 0 Å². The van der Waals surface area contributed by atoms with Crippen molar-refractivity contribution in [1.82, 2.24) is 4.31 Å². The van der Waals surface area contributed by atoms with Crippen molar-refractivity contribution >= 4 is 15.8 Å². The van der Waals surface area contributed by atoms with Gasteiger partial charge in [0, 0.05) is 40.5 Å². The highest BCUT2D eigenvalue weighted by atomic mass is 32.2. The first-order valence-electron chi connectivity index (χ1n) is 20.5. The molecule has 2 spiro atoms. The predicted octanol–water partition coefficient (Wildman–Crippen LogP) is 8.46. The van der Waals surface area contributed by atoms with E-state index in [4.69, 9.17) is 0 Å².